The van der Waals surface area contributed by atoms with Crippen molar-refractivity contribution < 1.29 is 19.1 Å². The summed E-state index contributed by atoms with van der Waals surface area (Å²) in [5.74, 6) is -0.480. The van der Waals surface area contributed by atoms with E-state index in [-0.39, 0.29) is 0 Å². The van der Waals surface area contributed by atoms with Crippen LogP contribution in [-0.4, -0.2) is 24.6 Å². The molecular weight excluding hydrogens is 418 g/mol. The molecule has 0 spiro atoms. The normalized spacial score (nSPS) is 10.6. The van der Waals surface area contributed by atoms with Crippen molar-refractivity contribution in [2.45, 2.75) is 27.4 Å². The quantitative estimate of drug-likeness (QED) is 0.306. The van der Waals surface area contributed by atoms with Crippen LogP contribution in [0.1, 0.15) is 29.2 Å². The number of carbonyl (C=O) groups is 2. The zero-order chi connectivity index (χ0) is 23.6. The smallest absolute Gasteiger partial charge is 0.329 e. The number of aryl methyl sites for hydroxylation is 2. The lowest BCUT2D eigenvalue weighted by atomic mass is 10.1. The maximum absolute atomic E-state index is 12.2. The van der Waals surface area contributed by atoms with E-state index in [0.717, 1.165) is 16.7 Å². The molecule has 0 fully saturated rings. The SMILES string of the molecule is CCOc1cc(/C=N/NC(=O)C(=O)Nc2cc(C)ccc2C)ccc1OCc1ccccc1. The van der Waals surface area contributed by atoms with Gasteiger partial charge in [0.05, 0.1) is 12.8 Å². The minimum atomic E-state index is -0.861. The molecule has 33 heavy (non-hydrogen) atoms. The highest BCUT2D eigenvalue weighted by atomic mass is 16.5. The van der Waals surface area contributed by atoms with Crippen molar-refractivity contribution in [1.29, 1.82) is 0 Å². The monoisotopic (exact) mass is 445 g/mol. The summed E-state index contributed by atoms with van der Waals surface area (Å²) in [6, 6.07) is 20.8. The lowest BCUT2D eigenvalue weighted by Crippen LogP contribution is -2.32. The standard InChI is InChI=1S/C26H27N3O4/c1-4-32-24-15-21(12-13-23(24)33-17-20-8-6-5-7-9-20)16-27-29-26(31)25(30)28-22-14-18(2)10-11-19(22)3/h5-16H,4,17H2,1-3H3,(H,28,30)(H,29,31)/b27-16+. The minimum Gasteiger partial charge on any atom is -0.490 e. The van der Waals surface area contributed by atoms with E-state index in [2.05, 4.69) is 15.8 Å². The van der Waals surface area contributed by atoms with Crippen molar-refractivity contribution in [3.63, 3.8) is 0 Å². The molecule has 170 valence electrons. The predicted octanol–water partition coefficient (Wildman–Crippen LogP) is 4.37. The fourth-order valence-electron chi connectivity index (χ4n) is 2.99. The number of hydrogen-bond acceptors (Lipinski definition) is 5. The molecule has 0 heterocycles. The summed E-state index contributed by atoms with van der Waals surface area (Å²) in [6.07, 6.45) is 1.44. The first-order valence-corrected chi connectivity index (χ1v) is 10.6. The number of nitrogens with zero attached hydrogens (tertiary/aromatic N) is 1. The van der Waals surface area contributed by atoms with Crippen LogP contribution in [0, 0.1) is 13.8 Å². The first-order valence-electron chi connectivity index (χ1n) is 10.6. The Morgan fingerprint density at radius 3 is 2.45 bits per heavy atom. The van der Waals surface area contributed by atoms with Gasteiger partial charge in [-0.2, -0.15) is 5.10 Å². The van der Waals surface area contributed by atoms with E-state index in [1.165, 1.54) is 6.21 Å². The van der Waals surface area contributed by atoms with Gasteiger partial charge in [-0.1, -0.05) is 42.5 Å². The van der Waals surface area contributed by atoms with Crippen LogP contribution in [-0.2, 0) is 16.2 Å². The van der Waals surface area contributed by atoms with Crippen LogP contribution in [0.4, 0.5) is 5.69 Å². The Bertz CT molecular complexity index is 1140. The molecule has 0 radical (unpaired) electrons. The van der Waals surface area contributed by atoms with E-state index in [4.69, 9.17) is 9.47 Å². The Hall–Kier alpha value is -4.13. The summed E-state index contributed by atoms with van der Waals surface area (Å²) in [7, 11) is 0. The molecule has 0 aliphatic rings. The third-order valence-electron chi connectivity index (χ3n) is 4.73. The summed E-state index contributed by atoms with van der Waals surface area (Å²) in [5.41, 5.74) is 6.41. The Kier molecular flexibility index (Phi) is 8.18. The number of rotatable bonds is 8. The van der Waals surface area contributed by atoms with Crippen LogP contribution in [0.5, 0.6) is 11.5 Å². The van der Waals surface area contributed by atoms with Crippen molar-refractivity contribution in [2.75, 3.05) is 11.9 Å². The highest BCUT2D eigenvalue weighted by Crippen LogP contribution is 2.29. The molecule has 0 atom stereocenters. The highest BCUT2D eigenvalue weighted by molar-refractivity contribution is 6.39. The Labute approximate surface area is 193 Å². The molecule has 0 aliphatic heterocycles. The molecule has 2 N–H and O–H groups in total. The number of hydrazone groups is 1. The van der Waals surface area contributed by atoms with Gasteiger partial charge in [0, 0.05) is 5.69 Å². The zero-order valence-electron chi connectivity index (χ0n) is 18.9. The van der Waals surface area contributed by atoms with Gasteiger partial charge in [-0.25, -0.2) is 5.43 Å². The van der Waals surface area contributed by atoms with E-state index in [1.807, 2.05) is 63.2 Å². The van der Waals surface area contributed by atoms with Crippen LogP contribution in [0.25, 0.3) is 0 Å². The summed E-state index contributed by atoms with van der Waals surface area (Å²) in [5, 5.41) is 6.49. The lowest BCUT2D eigenvalue weighted by Gasteiger charge is -2.12. The van der Waals surface area contributed by atoms with Crippen molar-refractivity contribution in [1.82, 2.24) is 5.43 Å². The number of ether oxygens (including phenoxy) is 2. The number of hydrogen-bond donors (Lipinski definition) is 2. The fraction of sp³-hybridized carbons (Fsp3) is 0.192. The summed E-state index contributed by atoms with van der Waals surface area (Å²) >= 11 is 0. The second kappa shape index (κ2) is 11.5. The number of anilines is 1. The van der Waals surface area contributed by atoms with Crippen LogP contribution in [0.3, 0.4) is 0 Å². The zero-order valence-corrected chi connectivity index (χ0v) is 18.9. The molecule has 2 amide bonds. The van der Waals surface area contributed by atoms with Crippen LogP contribution < -0.4 is 20.2 Å². The Morgan fingerprint density at radius 1 is 0.909 bits per heavy atom. The first-order chi connectivity index (χ1) is 16.0. The molecule has 0 aliphatic carbocycles. The Morgan fingerprint density at radius 2 is 1.70 bits per heavy atom. The molecule has 0 aromatic heterocycles. The van der Waals surface area contributed by atoms with Crippen molar-refractivity contribution >= 4 is 23.7 Å². The third kappa shape index (κ3) is 6.93. The van der Waals surface area contributed by atoms with E-state index < -0.39 is 11.8 Å². The predicted molar refractivity (Wildman–Crippen MR) is 129 cm³/mol. The molecule has 0 saturated carbocycles. The van der Waals surface area contributed by atoms with Gasteiger partial charge in [-0.15, -0.1) is 0 Å². The van der Waals surface area contributed by atoms with E-state index in [9.17, 15) is 9.59 Å². The number of nitrogens with one attached hydrogen (secondary N) is 2. The molecule has 3 aromatic rings. The van der Waals surface area contributed by atoms with Gasteiger partial charge < -0.3 is 14.8 Å². The number of carbonyl (C=O) groups excluding carboxylic acids is 2. The van der Waals surface area contributed by atoms with Gasteiger partial charge in [-0.3, -0.25) is 9.59 Å². The third-order valence-corrected chi connectivity index (χ3v) is 4.73. The fourth-order valence-corrected chi connectivity index (χ4v) is 2.99. The molecular formula is C26H27N3O4. The summed E-state index contributed by atoms with van der Waals surface area (Å²) in [4.78, 5) is 24.3. The van der Waals surface area contributed by atoms with Crippen molar-refractivity contribution in [3.05, 3.63) is 89.0 Å². The van der Waals surface area contributed by atoms with E-state index in [0.29, 0.717) is 36.0 Å². The topological polar surface area (TPSA) is 89.0 Å². The number of amides is 2. The van der Waals surface area contributed by atoms with Gasteiger partial charge in [0.15, 0.2) is 11.5 Å². The maximum Gasteiger partial charge on any atom is 0.329 e. The minimum absolute atomic E-state index is 0.417. The second-order valence-corrected chi connectivity index (χ2v) is 7.39. The van der Waals surface area contributed by atoms with Crippen LogP contribution >= 0.6 is 0 Å². The molecule has 3 rings (SSSR count). The van der Waals surface area contributed by atoms with Gasteiger partial charge in [-0.05, 0) is 67.3 Å². The largest absolute Gasteiger partial charge is 0.490 e. The first kappa shape index (κ1) is 23.5. The molecule has 7 nitrogen and oxygen atoms in total. The van der Waals surface area contributed by atoms with Gasteiger partial charge in [0.2, 0.25) is 0 Å². The van der Waals surface area contributed by atoms with Crippen molar-refractivity contribution in [2.24, 2.45) is 5.10 Å². The highest BCUT2D eigenvalue weighted by Gasteiger charge is 2.14. The second-order valence-electron chi connectivity index (χ2n) is 7.39. The van der Waals surface area contributed by atoms with E-state index >= 15 is 0 Å². The van der Waals surface area contributed by atoms with E-state index in [1.54, 1.807) is 24.3 Å². The summed E-state index contributed by atoms with van der Waals surface area (Å²) < 4.78 is 11.6. The summed E-state index contributed by atoms with van der Waals surface area (Å²) in [6.45, 7) is 6.54. The molecule has 0 bridgehead atoms. The molecule has 0 saturated heterocycles. The lowest BCUT2D eigenvalue weighted by molar-refractivity contribution is -0.136. The molecule has 3 aromatic carbocycles. The molecule has 7 heteroatoms. The Balaban J connectivity index is 1.60. The van der Waals surface area contributed by atoms with Gasteiger partial charge >= 0.3 is 11.8 Å². The van der Waals surface area contributed by atoms with Gasteiger partial charge in [0.1, 0.15) is 6.61 Å². The van der Waals surface area contributed by atoms with Gasteiger partial charge in [0.25, 0.3) is 0 Å². The average Bonchev–Trinajstić information content (AvgIpc) is 2.81. The molecule has 0 unspecified atom stereocenters. The number of benzene rings is 3. The van der Waals surface area contributed by atoms with Crippen molar-refractivity contribution in [3.8, 4) is 11.5 Å². The van der Waals surface area contributed by atoms with Crippen LogP contribution in [0.2, 0.25) is 0 Å². The average molecular weight is 446 g/mol. The van der Waals surface area contributed by atoms with Crippen LogP contribution in [0.15, 0.2) is 71.8 Å². The maximum atomic E-state index is 12.2.